The number of nitrogens with two attached hydrogens (primary N) is 1. The number of hydrogen-bond acceptors (Lipinski definition) is 9. The average Bonchev–Trinajstić information content (AvgIpc) is 2.52. The van der Waals surface area contributed by atoms with Gasteiger partial charge in [0.1, 0.15) is 0 Å². The van der Waals surface area contributed by atoms with Gasteiger partial charge in [0.25, 0.3) is 0 Å². The molecule has 3 N–H and O–H groups in total. The molecular weight excluding hydrogens is 262 g/mol. The third-order valence-electron chi connectivity index (χ3n) is 3.01. The lowest BCUT2D eigenvalue weighted by Gasteiger charge is -2.27. The number of aromatic nitrogens is 3. The normalized spacial score (nSPS) is 15.2. The van der Waals surface area contributed by atoms with Gasteiger partial charge in [0.2, 0.25) is 17.8 Å². The van der Waals surface area contributed by atoms with E-state index in [0.717, 1.165) is 13.1 Å². The summed E-state index contributed by atoms with van der Waals surface area (Å²) in [4.78, 5) is 17.0. The van der Waals surface area contributed by atoms with Gasteiger partial charge in [0.05, 0.1) is 19.8 Å². The zero-order chi connectivity index (χ0) is 14.4. The molecule has 1 aliphatic rings. The third kappa shape index (κ3) is 3.65. The Balaban J connectivity index is 2.18. The average molecular weight is 283 g/mol. The quantitative estimate of drug-likeness (QED) is 0.506. The van der Waals surface area contributed by atoms with E-state index in [1.165, 1.54) is 0 Å². The van der Waals surface area contributed by atoms with E-state index in [9.17, 15) is 0 Å². The summed E-state index contributed by atoms with van der Waals surface area (Å²) in [6.45, 7) is 4.15. The topological polar surface area (TPSA) is 102 Å². The summed E-state index contributed by atoms with van der Waals surface area (Å²) < 4.78 is 10.4. The van der Waals surface area contributed by atoms with E-state index in [1.54, 1.807) is 7.11 Å². The van der Waals surface area contributed by atoms with Crippen LogP contribution in [0.25, 0.3) is 0 Å². The fourth-order valence-electron chi connectivity index (χ4n) is 1.82. The van der Waals surface area contributed by atoms with E-state index >= 15 is 0 Å². The number of nitrogens with one attached hydrogen (secondary N) is 1. The maximum atomic E-state index is 5.43. The van der Waals surface area contributed by atoms with Crippen molar-refractivity contribution in [2.24, 2.45) is 5.84 Å². The summed E-state index contributed by atoms with van der Waals surface area (Å²) in [6.07, 6.45) is 0. The highest BCUT2D eigenvalue weighted by Crippen LogP contribution is 2.16. The van der Waals surface area contributed by atoms with Crippen molar-refractivity contribution in [1.29, 1.82) is 0 Å². The van der Waals surface area contributed by atoms with Crippen LogP contribution >= 0.6 is 0 Å². The fourth-order valence-corrected chi connectivity index (χ4v) is 1.82. The summed E-state index contributed by atoms with van der Waals surface area (Å²) in [5.74, 6) is 6.94. The van der Waals surface area contributed by atoms with Crippen molar-refractivity contribution in [1.82, 2.24) is 15.0 Å². The number of nitrogens with zero attached hydrogens (tertiary/aromatic N) is 5. The summed E-state index contributed by atoms with van der Waals surface area (Å²) in [6, 6.07) is 0. The molecule has 1 aromatic heterocycles. The van der Waals surface area contributed by atoms with Crippen LogP contribution in [0, 0.1) is 0 Å². The van der Waals surface area contributed by atoms with Gasteiger partial charge in [-0.3, -0.25) is 5.43 Å². The number of morpholine rings is 1. The third-order valence-corrected chi connectivity index (χ3v) is 3.01. The Kier molecular flexibility index (Phi) is 5.27. The van der Waals surface area contributed by atoms with Crippen molar-refractivity contribution < 1.29 is 9.47 Å². The number of anilines is 3. The van der Waals surface area contributed by atoms with Crippen LogP contribution in [0.4, 0.5) is 17.8 Å². The SMILES string of the molecule is COCCN(C)c1nc(NN)nc(N2CCOCC2)n1. The molecule has 0 unspecified atom stereocenters. The zero-order valence-electron chi connectivity index (χ0n) is 11.9. The Morgan fingerprint density at radius 3 is 2.75 bits per heavy atom. The van der Waals surface area contributed by atoms with E-state index < -0.39 is 0 Å². The first-order valence-corrected chi connectivity index (χ1v) is 6.50. The molecule has 1 fully saturated rings. The predicted octanol–water partition coefficient (Wildman–Crippen LogP) is -0.924. The van der Waals surface area contributed by atoms with E-state index in [4.69, 9.17) is 15.3 Å². The lowest BCUT2D eigenvalue weighted by atomic mass is 10.4. The molecule has 2 rings (SSSR count). The second-order valence-electron chi connectivity index (χ2n) is 4.42. The summed E-state index contributed by atoms with van der Waals surface area (Å²) >= 11 is 0. The van der Waals surface area contributed by atoms with Crippen LogP contribution in [-0.2, 0) is 9.47 Å². The van der Waals surface area contributed by atoms with Crippen LogP contribution in [0.3, 0.4) is 0 Å². The highest BCUT2D eigenvalue weighted by atomic mass is 16.5. The van der Waals surface area contributed by atoms with Gasteiger partial charge in [0.15, 0.2) is 0 Å². The minimum atomic E-state index is 0.348. The smallest absolute Gasteiger partial charge is 0.243 e. The Morgan fingerprint density at radius 1 is 1.35 bits per heavy atom. The van der Waals surface area contributed by atoms with Crippen LogP contribution in [0.1, 0.15) is 0 Å². The predicted molar refractivity (Wildman–Crippen MR) is 75.8 cm³/mol. The van der Waals surface area contributed by atoms with Crippen molar-refractivity contribution in [2.75, 3.05) is 68.8 Å². The summed E-state index contributed by atoms with van der Waals surface area (Å²) in [5.41, 5.74) is 2.48. The maximum Gasteiger partial charge on any atom is 0.243 e. The molecule has 0 spiro atoms. The van der Waals surface area contributed by atoms with Gasteiger partial charge in [0, 0.05) is 33.8 Å². The van der Waals surface area contributed by atoms with Gasteiger partial charge < -0.3 is 19.3 Å². The Bertz CT molecular complexity index is 425. The molecule has 1 aromatic rings. The Labute approximate surface area is 118 Å². The molecule has 0 amide bonds. The Morgan fingerprint density at radius 2 is 2.10 bits per heavy atom. The summed E-state index contributed by atoms with van der Waals surface area (Å²) in [5, 5.41) is 0. The van der Waals surface area contributed by atoms with Crippen LogP contribution in [-0.4, -0.2) is 68.6 Å². The van der Waals surface area contributed by atoms with Crippen LogP contribution in [0.15, 0.2) is 0 Å². The molecule has 0 aromatic carbocycles. The van der Waals surface area contributed by atoms with E-state index in [1.807, 2.05) is 11.9 Å². The van der Waals surface area contributed by atoms with Crippen molar-refractivity contribution in [3.8, 4) is 0 Å². The van der Waals surface area contributed by atoms with E-state index in [2.05, 4.69) is 25.3 Å². The number of methoxy groups -OCH3 is 1. The molecule has 9 nitrogen and oxygen atoms in total. The van der Waals surface area contributed by atoms with Crippen LogP contribution in [0.2, 0.25) is 0 Å². The van der Waals surface area contributed by atoms with E-state index in [-0.39, 0.29) is 0 Å². The highest BCUT2D eigenvalue weighted by Gasteiger charge is 2.17. The number of likely N-dealkylation sites (N-methyl/N-ethyl adjacent to an activating group) is 1. The molecule has 1 saturated heterocycles. The number of rotatable bonds is 6. The largest absolute Gasteiger partial charge is 0.383 e. The molecule has 20 heavy (non-hydrogen) atoms. The second kappa shape index (κ2) is 7.17. The lowest BCUT2D eigenvalue weighted by Crippen LogP contribution is -2.38. The minimum Gasteiger partial charge on any atom is -0.383 e. The molecule has 0 atom stereocenters. The van der Waals surface area contributed by atoms with Crippen LogP contribution < -0.4 is 21.1 Å². The first-order chi connectivity index (χ1) is 9.74. The standard InChI is InChI=1S/C11H21N7O2/c1-17(3-6-19-2)10-13-9(16-12)14-11(15-10)18-4-7-20-8-5-18/h3-8,12H2,1-2H3,(H,13,14,15,16). The number of ether oxygens (including phenoxy) is 2. The minimum absolute atomic E-state index is 0.348. The molecule has 0 aliphatic carbocycles. The Hall–Kier alpha value is -1.71. The molecular formula is C11H21N7O2. The van der Waals surface area contributed by atoms with Crippen molar-refractivity contribution >= 4 is 17.8 Å². The maximum absolute atomic E-state index is 5.43. The monoisotopic (exact) mass is 283 g/mol. The molecule has 112 valence electrons. The fraction of sp³-hybridized carbons (Fsp3) is 0.727. The lowest BCUT2D eigenvalue weighted by molar-refractivity contribution is 0.122. The molecule has 0 bridgehead atoms. The van der Waals surface area contributed by atoms with Crippen LogP contribution in [0.5, 0.6) is 0 Å². The number of hydrogen-bond donors (Lipinski definition) is 2. The molecule has 0 radical (unpaired) electrons. The van der Waals surface area contributed by atoms with Gasteiger partial charge in [-0.2, -0.15) is 15.0 Å². The number of hydrazine groups is 1. The number of nitrogen functional groups attached to an aromatic ring is 1. The highest BCUT2D eigenvalue weighted by molar-refractivity contribution is 5.44. The van der Waals surface area contributed by atoms with Gasteiger partial charge in [-0.25, -0.2) is 5.84 Å². The van der Waals surface area contributed by atoms with E-state index in [0.29, 0.717) is 44.2 Å². The van der Waals surface area contributed by atoms with Gasteiger partial charge in [-0.15, -0.1) is 0 Å². The molecule has 0 saturated carbocycles. The second-order valence-corrected chi connectivity index (χ2v) is 4.42. The van der Waals surface area contributed by atoms with Crippen molar-refractivity contribution in [3.63, 3.8) is 0 Å². The first-order valence-electron chi connectivity index (χ1n) is 6.50. The van der Waals surface area contributed by atoms with Crippen molar-refractivity contribution in [2.45, 2.75) is 0 Å². The summed E-state index contributed by atoms with van der Waals surface area (Å²) in [7, 11) is 3.56. The molecule has 2 heterocycles. The van der Waals surface area contributed by atoms with Gasteiger partial charge in [-0.05, 0) is 0 Å². The van der Waals surface area contributed by atoms with Gasteiger partial charge >= 0.3 is 0 Å². The molecule has 9 heteroatoms. The van der Waals surface area contributed by atoms with Gasteiger partial charge in [-0.1, -0.05) is 0 Å². The molecule has 1 aliphatic heterocycles. The first kappa shape index (κ1) is 14.7. The zero-order valence-corrected chi connectivity index (χ0v) is 11.9. The van der Waals surface area contributed by atoms with Crippen molar-refractivity contribution in [3.05, 3.63) is 0 Å².